The number of hydrogen-bond acceptors (Lipinski definition) is 4. The Kier molecular flexibility index (Phi) is 8.31. The first-order valence-corrected chi connectivity index (χ1v) is 6.04. The zero-order valence-electron chi connectivity index (χ0n) is 11.4. The van der Waals surface area contributed by atoms with Crippen LogP contribution in [-0.2, 0) is 0 Å². The number of halogens is 5. The van der Waals surface area contributed by atoms with Gasteiger partial charge in [0, 0.05) is 38.4 Å². The summed E-state index contributed by atoms with van der Waals surface area (Å²) in [6.07, 6.45) is -3.08. The van der Waals surface area contributed by atoms with Crippen molar-refractivity contribution in [1.29, 1.82) is 0 Å². The molecule has 0 unspecified atom stereocenters. The molecular formula is C12H18Cl2F3N3O. The highest BCUT2D eigenvalue weighted by Crippen LogP contribution is 2.37. The Morgan fingerprint density at radius 2 is 1.86 bits per heavy atom. The Morgan fingerprint density at radius 1 is 1.24 bits per heavy atom. The van der Waals surface area contributed by atoms with E-state index in [2.05, 4.69) is 10.3 Å². The summed E-state index contributed by atoms with van der Waals surface area (Å²) in [7, 11) is 1.43. The SMILES string of the molecule is COc1ccc([C@H](N2CCNCC2)C(F)(F)F)cn1.Cl.Cl. The van der Waals surface area contributed by atoms with E-state index in [0.717, 1.165) is 0 Å². The number of pyridine rings is 1. The molecule has 2 rings (SSSR count). The van der Waals surface area contributed by atoms with Crippen LogP contribution in [0, 0.1) is 0 Å². The Labute approximate surface area is 133 Å². The maximum absolute atomic E-state index is 13.3. The minimum Gasteiger partial charge on any atom is -0.481 e. The monoisotopic (exact) mass is 347 g/mol. The Morgan fingerprint density at radius 3 is 2.29 bits per heavy atom. The zero-order valence-corrected chi connectivity index (χ0v) is 13.0. The van der Waals surface area contributed by atoms with Crippen molar-refractivity contribution < 1.29 is 17.9 Å². The predicted molar refractivity (Wildman–Crippen MR) is 78.5 cm³/mol. The van der Waals surface area contributed by atoms with Crippen LogP contribution in [0.3, 0.4) is 0 Å². The molecule has 1 N–H and O–H groups in total. The maximum Gasteiger partial charge on any atom is 0.408 e. The fourth-order valence-electron chi connectivity index (χ4n) is 2.22. The second-order valence-electron chi connectivity index (χ2n) is 4.36. The Bertz CT molecular complexity index is 411. The summed E-state index contributed by atoms with van der Waals surface area (Å²) < 4.78 is 44.6. The molecule has 1 aliphatic rings. The van der Waals surface area contributed by atoms with Crippen LogP contribution in [-0.4, -0.2) is 49.3 Å². The van der Waals surface area contributed by atoms with Crippen molar-refractivity contribution in [3.05, 3.63) is 23.9 Å². The van der Waals surface area contributed by atoms with Crippen LogP contribution in [0.1, 0.15) is 11.6 Å². The summed E-state index contributed by atoms with van der Waals surface area (Å²) in [5, 5.41) is 3.05. The van der Waals surface area contributed by atoms with Crippen LogP contribution in [0.15, 0.2) is 18.3 Å². The topological polar surface area (TPSA) is 37.4 Å². The lowest BCUT2D eigenvalue weighted by atomic mass is 10.1. The third-order valence-corrected chi connectivity index (χ3v) is 3.11. The van der Waals surface area contributed by atoms with Crippen molar-refractivity contribution in [2.45, 2.75) is 12.2 Å². The van der Waals surface area contributed by atoms with Gasteiger partial charge >= 0.3 is 6.18 Å². The van der Waals surface area contributed by atoms with Crippen molar-refractivity contribution in [3.8, 4) is 5.88 Å². The molecule has 1 saturated heterocycles. The summed E-state index contributed by atoms with van der Waals surface area (Å²) >= 11 is 0. The van der Waals surface area contributed by atoms with E-state index in [0.29, 0.717) is 32.1 Å². The third kappa shape index (κ3) is 5.18. The molecule has 4 nitrogen and oxygen atoms in total. The van der Waals surface area contributed by atoms with E-state index < -0.39 is 12.2 Å². The van der Waals surface area contributed by atoms with Crippen molar-refractivity contribution in [1.82, 2.24) is 15.2 Å². The van der Waals surface area contributed by atoms with E-state index in [1.165, 1.54) is 30.3 Å². The van der Waals surface area contributed by atoms with Gasteiger partial charge in [-0.1, -0.05) is 6.07 Å². The van der Waals surface area contributed by atoms with E-state index in [4.69, 9.17) is 4.74 Å². The molecule has 0 radical (unpaired) electrons. The minimum absolute atomic E-state index is 0. The number of aromatic nitrogens is 1. The largest absolute Gasteiger partial charge is 0.481 e. The van der Waals surface area contributed by atoms with Crippen LogP contribution in [0.2, 0.25) is 0 Å². The number of rotatable bonds is 3. The highest BCUT2D eigenvalue weighted by Gasteiger charge is 2.45. The van der Waals surface area contributed by atoms with E-state index >= 15 is 0 Å². The van der Waals surface area contributed by atoms with E-state index in [1.54, 1.807) is 0 Å². The van der Waals surface area contributed by atoms with Gasteiger partial charge in [-0.15, -0.1) is 24.8 Å². The van der Waals surface area contributed by atoms with Gasteiger partial charge in [0.15, 0.2) is 0 Å². The average molecular weight is 348 g/mol. The van der Waals surface area contributed by atoms with E-state index in [9.17, 15) is 13.2 Å². The molecule has 2 heterocycles. The Hall–Kier alpha value is -0.760. The molecule has 0 aromatic carbocycles. The number of piperazine rings is 1. The lowest BCUT2D eigenvalue weighted by molar-refractivity contribution is -0.188. The van der Waals surface area contributed by atoms with Gasteiger partial charge in [0.25, 0.3) is 0 Å². The Balaban J connectivity index is 0.00000200. The van der Waals surface area contributed by atoms with Gasteiger partial charge in [-0.25, -0.2) is 4.98 Å². The fraction of sp³-hybridized carbons (Fsp3) is 0.583. The molecule has 122 valence electrons. The van der Waals surface area contributed by atoms with Gasteiger partial charge in [0.1, 0.15) is 6.04 Å². The molecule has 1 aliphatic heterocycles. The summed E-state index contributed by atoms with van der Waals surface area (Å²) in [6.45, 7) is 1.87. The summed E-state index contributed by atoms with van der Waals surface area (Å²) in [6, 6.07) is 1.27. The van der Waals surface area contributed by atoms with E-state index in [1.807, 2.05) is 0 Å². The lowest BCUT2D eigenvalue weighted by Gasteiger charge is -2.36. The number of ether oxygens (including phenoxy) is 1. The molecule has 1 atom stereocenters. The van der Waals surface area contributed by atoms with Gasteiger partial charge < -0.3 is 10.1 Å². The van der Waals surface area contributed by atoms with Gasteiger partial charge in [0.05, 0.1) is 7.11 Å². The van der Waals surface area contributed by atoms with Crippen LogP contribution in [0.25, 0.3) is 0 Å². The molecule has 1 aromatic heterocycles. The highest BCUT2D eigenvalue weighted by atomic mass is 35.5. The first kappa shape index (κ1) is 20.2. The molecule has 21 heavy (non-hydrogen) atoms. The van der Waals surface area contributed by atoms with Crippen molar-refractivity contribution in [3.63, 3.8) is 0 Å². The van der Waals surface area contributed by atoms with Crippen LogP contribution in [0.4, 0.5) is 13.2 Å². The van der Waals surface area contributed by atoms with Crippen LogP contribution < -0.4 is 10.1 Å². The maximum atomic E-state index is 13.3. The average Bonchev–Trinajstić information content (AvgIpc) is 2.39. The van der Waals surface area contributed by atoms with Crippen LogP contribution in [0.5, 0.6) is 5.88 Å². The number of alkyl halides is 3. The van der Waals surface area contributed by atoms with Gasteiger partial charge in [-0.2, -0.15) is 13.2 Å². The van der Waals surface area contributed by atoms with Gasteiger partial charge in [-0.05, 0) is 5.56 Å². The number of methoxy groups -OCH3 is 1. The highest BCUT2D eigenvalue weighted by molar-refractivity contribution is 5.85. The minimum atomic E-state index is -4.31. The molecule has 1 aromatic rings. The standard InChI is InChI=1S/C12H16F3N3O.2ClH/c1-19-10-3-2-9(8-17-10)11(12(13,14)15)18-6-4-16-5-7-18;;/h2-3,8,11,16H,4-7H2,1H3;2*1H/t11-;;/m0../s1. The second kappa shape index (κ2) is 8.63. The smallest absolute Gasteiger partial charge is 0.408 e. The molecule has 1 fully saturated rings. The fourth-order valence-corrected chi connectivity index (χ4v) is 2.22. The normalized spacial score (nSPS) is 17.3. The van der Waals surface area contributed by atoms with Gasteiger partial charge in [0.2, 0.25) is 5.88 Å². The summed E-state index contributed by atoms with van der Waals surface area (Å²) in [4.78, 5) is 5.29. The van der Waals surface area contributed by atoms with Gasteiger partial charge in [-0.3, -0.25) is 4.90 Å². The number of hydrogen-bond donors (Lipinski definition) is 1. The van der Waals surface area contributed by atoms with E-state index in [-0.39, 0.29) is 30.4 Å². The molecular weight excluding hydrogens is 330 g/mol. The number of nitrogens with zero attached hydrogens (tertiary/aromatic N) is 2. The van der Waals surface area contributed by atoms with Crippen molar-refractivity contribution in [2.24, 2.45) is 0 Å². The molecule has 0 amide bonds. The lowest BCUT2D eigenvalue weighted by Crippen LogP contribution is -2.49. The predicted octanol–water partition coefficient (Wildman–Crippen LogP) is 2.44. The second-order valence-corrected chi connectivity index (χ2v) is 4.36. The summed E-state index contributed by atoms with van der Waals surface area (Å²) in [5.41, 5.74) is 0.148. The van der Waals surface area contributed by atoms with Crippen LogP contribution >= 0.6 is 24.8 Å². The first-order valence-electron chi connectivity index (χ1n) is 6.04. The van der Waals surface area contributed by atoms with Crippen molar-refractivity contribution >= 4 is 24.8 Å². The van der Waals surface area contributed by atoms with Crippen molar-refractivity contribution in [2.75, 3.05) is 33.3 Å². The molecule has 0 aliphatic carbocycles. The zero-order chi connectivity index (χ0) is 13.9. The molecule has 0 saturated carbocycles. The molecule has 9 heteroatoms. The number of nitrogens with one attached hydrogen (secondary N) is 1. The molecule has 0 bridgehead atoms. The molecule has 0 spiro atoms. The first-order chi connectivity index (χ1) is 9.02. The third-order valence-electron chi connectivity index (χ3n) is 3.11. The quantitative estimate of drug-likeness (QED) is 0.911. The summed E-state index contributed by atoms with van der Waals surface area (Å²) in [5.74, 6) is 0.310.